The molecule has 4 N–H and O–H groups in total. The molecule has 0 fully saturated rings. The molecule has 0 unspecified atom stereocenters. The smallest absolute Gasteiger partial charge is 0.475 e. The van der Waals surface area contributed by atoms with E-state index in [4.69, 9.17) is 14.6 Å². The third kappa shape index (κ3) is 14.9. The number of amides is 2. The molecule has 1 aromatic rings. The number of carboxylic acids is 1. The number of rotatable bonds is 13. The minimum Gasteiger partial charge on any atom is -0.475 e. The lowest BCUT2D eigenvalue weighted by atomic mass is 10.1. The summed E-state index contributed by atoms with van der Waals surface area (Å²) in [5.41, 5.74) is 0.581. The van der Waals surface area contributed by atoms with Gasteiger partial charge in [0, 0.05) is 25.6 Å². The van der Waals surface area contributed by atoms with Crippen LogP contribution in [0, 0.1) is 10.1 Å². The molecule has 192 valence electrons. The van der Waals surface area contributed by atoms with Crippen molar-refractivity contribution in [1.29, 1.82) is 0 Å². The predicted octanol–water partition coefficient (Wildman–Crippen LogP) is -1.03. The van der Waals surface area contributed by atoms with Crippen molar-refractivity contribution >= 4 is 23.8 Å². The Morgan fingerprint density at radius 2 is 1.91 bits per heavy atom. The molecule has 1 heterocycles. The van der Waals surface area contributed by atoms with Crippen LogP contribution in [0.5, 0.6) is 0 Å². The van der Waals surface area contributed by atoms with Gasteiger partial charge in [-0.2, -0.15) is 13.2 Å². The lowest BCUT2D eigenvalue weighted by molar-refractivity contribution is -0.758. The molecular formula is C16H22F3N5O10. The summed E-state index contributed by atoms with van der Waals surface area (Å²) < 4.78 is 41.2. The first-order chi connectivity index (χ1) is 15.9. The second-order valence-electron chi connectivity index (χ2n) is 5.92. The highest BCUT2D eigenvalue weighted by Crippen LogP contribution is 2.13. The maximum absolute atomic E-state index is 11.9. The fraction of sp³-hybridized carbons (Fsp3) is 0.562. The Kier molecular flexibility index (Phi) is 13.9. The summed E-state index contributed by atoms with van der Waals surface area (Å²) in [6.45, 7) is -0.709. The molecule has 1 rings (SSSR count). The first-order valence-corrected chi connectivity index (χ1v) is 9.13. The summed E-state index contributed by atoms with van der Waals surface area (Å²) in [6, 6.07) is -0.897. The lowest BCUT2D eigenvalue weighted by Crippen LogP contribution is -2.44. The van der Waals surface area contributed by atoms with Gasteiger partial charge in [0.2, 0.25) is 11.8 Å². The van der Waals surface area contributed by atoms with Crippen molar-refractivity contribution in [3.8, 4) is 0 Å². The number of alkyl halides is 3. The van der Waals surface area contributed by atoms with Gasteiger partial charge < -0.3 is 35.0 Å². The molecule has 0 aliphatic carbocycles. The summed E-state index contributed by atoms with van der Waals surface area (Å²) >= 11 is 0. The normalized spacial score (nSPS) is 11.3. The molecule has 1 aromatic heterocycles. The van der Waals surface area contributed by atoms with E-state index in [0.717, 1.165) is 0 Å². The van der Waals surface area contributed by atoms with Gasteiger partial charge in [0.1, 0.15) is 19.3 Å². The van der Waals surface area contributed by atoms with Crippen LogP contribution in [0.25, 0.3) is 0 Å². The van der Waals surface area contributed by atoms with Crippen LogP contribution >= 0.6 is 0 Å². The van der Waals surface area contributed by atoms with E-state index >= 15 is 0 Å². The number of aromatic nitrogens is 2. The van der Waals surface area contributed by atoms with E-state index in [-0.39, 0.29) is 39.2 Å². The van der Waals surface area contributed by atoms with Gasteiger partial charge in [-0.05, 0) is 0 Å². The summed E-state index contributed by atoms with van der Waals surface area (Å²) in [4.78, 5) is 64.7. The van der Waals surface area contributed by atoms with Gasteiger partial charge in [0.25, 0.3) is 5.09 Å². The van der Waals surface area contributed by atoms with E-state index in [0.29, 0.717) is 5.69 Å². The number of aliphatic carboxylic acids is 1. The Morgan fingerprint density at radius 1 is 1.26 bits per heavy atom. The molecule has 15 nitrogen and oxygen atoms in total. The molecule has 34 heavy (non-hydrogen) atoms. The molecule has 0 aliphatic rings. The van der Waals surface area contributed by atoms with Crippen molar-refractivity contribution in [3.05, 3.63) is 28.3 Å². The van der Waals surface area contributed by atoms with E-state index in [1.54, 1.807) is 6.20 Å². The number of aromatic amines is 1. The minimum absolute atomic E-state index is 0.0235. The zero-order valence-electron chi connectivity index (χ0n) is 17.6. The number of hydrogen-bond donors (Lipinski definition) is 4. The third-order valence-electron chi connectivity index (χ3n) is 3.36. The number of nitrogens with one attached hydrogen (secondary N) is 3. The van der Waals surface area contributed by atoms with Gasteiger partial charge in [-0.15, -0.1) is 10.1 Å². The Bertz CT molecular complexity index is 804. The Hall–Kier alpha value is -3.96. The molecular weight excluding hydrogens is 479 g/mol. The summed E-state index contributed by atoms with van der Waals surface area (Å²) in [5, 5.41) is 21.0. The van der Waals surface area contributed by atoms with E-state index in [1.807, 2.05) is 0 Å². The largest absolute Gasteiger partial charge is 0.490 e. The van der Waals surface area contributed by atoms with Crippen LogP contribution in [0.4, 0.5) is 13.2 Å². The number of carbonyl (C=O) groups is 4. The first kappa shape index (κ1) is 30.0. The van der Waals surface area contributed by atoms with E-state index in [2.05, 4.69) is 30.2 Å². The van der Waals surface area contributed by atoms with Gasteiger partial charge in [0.05, 0.1) is 25.7 Å². The number of imidazole rings is 1. The summed E-state index contributed by atoms with van der Waals surface area (Å²) in [5.74, 6) is -4.32. The van der Waals surface area contributed by atoms with Crippen LogP contribution in [-0.4, -0.2) is 89.6 Å². The standard InChI is InChI=1S/C14H21N5O8.C2HF3O2/c1-25-14(22)11(6-10-7-15-9-17-10)18-12(20)2-3-16-13(21)8-26-4-5-27-19(23)24;3-2(4,5)1(6)7/h7,9,11H,2-6,8H2,1H3,(H,15,17)(H,16,21)(H,18,20);(H,6,7)/t11-;/m0./s1. The molecule has 0 aliphatic heterocycles. The van der Waals surface area contributed by atoms with Crippen molar-refractivity contribution in [2.24, 2.45) is 0 Å². The molecule has 2 amide bonds. The number of methoxy groups -OCH3 is 1. The number of carboxylic acid groups (broad SMARTS) is 1. The number of ether oxygens (including phenoxy) is 2. The van der Waals surface area contributed by atoms with Crippen LogP contribution in [0.3, 0.4) is 0 Å². The molecule has 0 spiro atoms. The number of halogens is 3. The maximum Gasteiger partial charge on any atom is 0.490 e. The highest BCUT2D eigenvalue weighted by atomic mass is 19.4. The zero-order valence-corrected chi connectivity index (χ0v) is 17.6. The topological polar surface area (TPSA) is 212 Å². The fourth-order valence-electron chi connectivity index (χ4n) is 1.92. The van der Waals surface area contributed by atoms with Gasteiger partial charge in [0.15, 0.2) is 0 Å². The molecule has 0 radical (unpaired) electrons. The molecule has 0 aromatic carbocycles. The highest BCUT2D eigenvalue weighted by molar-refractivity contribution is 5.85. The second-order valence-corrected chi connectivity index (χ2v) is 5.92. The van der Waals surface area contributed by atoms with Crippen molar-refractivity contribution in [2.75, 3.05) is 33.5 Å². The van der Waals surface area contributed by atoms with E-state index in [1.165, 1.54) is 13.4 Å². The summed E-state index contributed by atoms with van der Waals surface area (Å²) in [6.07, 6.45) is -1.94. The number of hydrogen-bond acceptors (Lipinski definition) is 10. The Balaban J connectivity index is 0.00000135. The number of carbonyl (C=O) groups excluding carboxylic acids is 3. The van der Waals surface area contributed by atoms with Gasteiger partial charge in [-0.3, -0.25) is 9.59 Å². The van der Waals surface area contributed by atoms with Crippen LogP contribution < -0.4 is 10.6 Å². The first-order valence-electron chi connectivity index (χ1n) is 9.13. The number of nitrogens with zero attached hydrogens (tertiary/aromatic N) is 2. The number of H-pyrrole nitrogens is 1. The predicted molar refractivity (Wildman–Crippen MR) is 101 cm³/mol. The van der Waals surface area contributed by atoms with Crippen LogP contribution in [0.15, 0.2) is 12.5 Å². The molecule has 1 atom stereocenters. The second kappa shape index (κ2) is 15.8. The number of esters is 1. The monoisotopic (exact) mass is 501 g/mol. The highest BCUT2D eigenvalue weighted by Gasteiger charge is 2.38. The summed E-state index contributed by atoms with van der Waals surface area (Å²) in [7, 11) is 1.21. The molecule has 0 bridgehead atoms. The quantitative estimate of drug-likeness (QED) is 0.111. The molecule has 18 heteroatoms. The van der Waals surface area contributed by atoms with Crippen LogP contribution in [0.2, 0.25) is 0 Å². The van der Waals surface area contributed by atoms with E-state index in [9.17, 15) is 37.7 Å². The van der Waals surface area contributed by atoms with Gasteiger partial charge in [-0.25, -0.2) is 14.6 Å². The van der Waals surface area contributed by atoms with Crippen molar-refractivity contribution in [3.63, 3.8) is 0 Å². The van der Waals surface area contributed by atoms with Gasteiger partial charge >= 0.3 is 18.1 Å². The lowest BCUT2D eigenvalue weighted by Gasteiger charge is -2.15. The average Bonchev–Trinajstić information content (AvgIpc) is 3.25. The maximum atomic E-state index is 11.9. The van der Waals surface area contributed by atoms with Crippen molar-refractivity contribution in [1.82, 2.24) is 20.6 Å². The van der Waals surface area contributed by atoms with Crippen LogP contribution in [-0.2, 0) is 39.9 Å². The SMILES string of the molecule is COC(=O)[C@H](Cc1c[nH]cn1)NC(=O)CCNC(=O)COCCO[N+](=O)[O-].O=C(O)C(F)(F)F. The van der Waals surface area contributed by atoms with Crippen molar-refractivity contribution < 1.29 is 56.9 Å². The average molecular weight is 501 g/mol. The van der Waals surface area contributed by atoms with Crippen LogP contribution in [0.1, 0.15) is 12.1 Å². The Morgan fingerprint density at radius 3 is 2.41 bits per heavy atom. The molecule has 0 saturated carbocycles. The van der Waals surface area contributed by atoms with E-state index < -0.39 is 41.1 Å². The molecule has 0 saturated heterocycles. The Labute approximate surface area is 189 Å². The zero-order chi connectivity index (χ0) is 26.1. The fourth-order valence-corrected chi connectivity index (χ4v) is 1.92. The third-order valence-corrected chi connectivity index (χ3v) is 3.36. The van der Waals surface area contributed by atoms with Gasteiger partial charge in [-0.1, -0.05) is 0 Å². The van der Waals surface area contributed by atoms with Crippen molar-refractivity contribution in [2.45, 2.75) is 25.1 Å². The minimum atomic E-state index is -5.08.